The van der Waals surface area contributed by atoms with Gasteiger partial charge in [-0.1, -0.05) is 6.07 Å². The molecule has 28 heavy (non-hydrogen) atoms. The summed E-state index contributed by atoms with van der Waals surface area (Å²) >= 11 is 0. The Morgan fingerprint density at radius 3 is 2.50 bits per heavy atom. The highest BCUT2D eigenvalue weighted by molar-refractivity contribution is 5.43. The fourth-order valence-corrected chi connectivity index (χ4v) is 3.21. The van der Waals surface area contributed by atoms with E-state index < -0.39 is 0 Å². The number of nitrogens with zero attached hydrogens (tertiary/aromatic N) is 3. The van der Waals surface area contributed by atoms with Crippen LogP contribution in [0.15, 0.2) is 42.7 Å². The van der Waals surface area contributed by atoms with Crippen LogP contribution in [0.5, 0.6) is 11.5 Å². The molecule has 1 aromatic carbocycles. The molecule has 0 amide bonds. The van der Waals surface area contributed by atoms with Crippen molar-refractivity contribution in [3.8, 4) is 11.5 Å². The number of pyridine rings is 1. The molecule has 3 rings (SSSR count). The van der Waals surface area contributed by atoms with Crippen molar-refractivity contribution in [1.82, 2.24) is 20.1 Å². The summed E-state index contributed by atoms with van der Waals surface area (Å²) in [7, 11) is 3.66. The number of aryl methyl sites for hydroxylation is 2. The summed E-state index contributed by atoms with van der Waals surface area (Å²) in [5.41, 5.74) is 5.90. The van der Waals surface area contributed by atoms with Crippen LogP contribution in [-0.4, -0.2) is 28.4 Å². The zero-order valence-electron chi connectivity index (χ0n) is 17.0. The zero-order valence-corrected chi connectivity index (χ0v) is 17.0. The summed E-state index contributed by atoms with van der Waals surface area (Å²) in [6, 6.07) is 9.94. The van der Waals surface area contributed by atoms with E-state index in [1.54, 1.807) is 19.5 Å². The van der Waals surface area contributed by atoms with Crippen LogP contribution >= 0.6 is 0 Å². The first-order valence-electron chi connectivity index (χ1n) is 9.47. The molecule has 0 unspecified atom stereocenters. The highest BCUT2D eigenvalue weighted by Gasteiger charge is 2.09. The molecule has 0 saturated carbocycles. The van der Waals surface area contributed by atoms with E-state index in [2.05, 4.69) is 35.3 Å². The Hall–Kier alpha value is -2.86. The minimum absolute atomic E-state index is 0.486. The number of ether oxygens (including phenoxy) is 2. The number of rotatable bonds is 9. The van der Waals surface area contributed by atoms with E-state index in [4.69, 9.17) is 9.47 Å². The predicted octanol–water partition coefficient (Wildman–Crippen LogP) is 3.35. The lowest BCUT2D eigenvalue weighted by Crippen LogP contribution is -2.17. The second-order valence-electron chi connectivity index (χ2n) is 6.83. The Bertz CT molecular complexity index is 906. The van der Waals surface area contributed by atoms with Gasteiger partial charge in [0, 0.05) is 31.7 Å². The molecule has 0 aliphatic heterocycles. The molecular formula is C22H28N4O2. The van der Waals surface area contributed by atoms with Gasteiger partial charge in [-0.05, 0) is 67.8 Å². The summed E-state index contributed by atoms with van der Waals surface area (Å²) < 4.78 is 13.4. The molecule has 6 nitrogen and oxygen atoms in total. The van der Waals surface area contributed by atoms with E-state index in [0.29, 0.717) is 6.61 Å². The van der Waals surface area contributed by atoms with Crippen LogP contribution in [0.1, 0.15) is 28.1 Å². The maximum atomic E-state index is 5.90. The van der Waals surface area contributed by atoms with Crippen LogP contribution in [-0.2, 0) is 26.6 Å². The van der Waals surface area contributed by atoms with Crippen molar-refractivity contribution < 1.29 is 9.47 Å². The van der Waals surface area contributed by atoms with Gasteiger partial charge in [-0.3, -0.25) is 9.67 Å². The van der Waals surface area contributed by atoms with Crippen LogP contribution in [0.25, 0.3) is 0 Å². The van der Waals surface area contributed by atoms with Crippen molar-refractivity contribution in [1.29, 1.82) is 0 Å². The molecule has 2 heterocycles. The third-order valence-electron chi connectivity index (χ3n) is 4.91. The molecule has 148 valence electrons. The van der Waals surface area contributed by atoms with Gasteiger partial charge < -0.3 is 14.8 Å². The smallest absolute Gasteiger partial charge is 0.161 e. The van der Waals surface area contributed by atoms with Gasteiger partial charge in [0.15, 0.2) is 11.5 Å². The van der Waals surface area contributed by atoms with E-state index in [0.717, 1.165) is 47.8 Å². The maximum Gasteiger partial charge on any atom is 0.161 e. The highest BCUT2D eigenvalue weighted by Crippen LogP contribution is 2.28. The number of hydrogen-bond donors (Lipinski definition) is 1. The van der Waals surface area contributed by atoms with Gasteiger partial charge >= 0.3 is 0 Å². The largest absolute Gasteiger partial charge is 0.493 e. The molecule has 3 aromatic rings. The van der Waals surface area contributed by atoms with Crippen molar-refractivity contribution in [2.75, 3.05) is 13.7 Å². The van der Waals surface area contributed by atoms with E-state index in [1.807, 2.05) is 36.0 Å². The van der Waals surface area contributed by atoms with Crippen molar-refractivity contribution in [3.05, 3.63) is 70.8 Å². The predicted molar refractivity (Wildman–Crippen MR) is 110 cm³/mol. The molecule has 1 N–H and O–H groups in total. The number of methoxy groups -OCH3 is 1. The Balaban J connectivity index is 1.53. The lowest BCUT2D eigenvalue weighted by Gasteiger charge is -2.13. The lowest BCUT2D eigenvalue weighted by molar-refractivity contribution is 0.284. The summed E-state index contributed by atoms with van der Waals surface area (Å²) in [5.74, 6) is 1.48. The van der Waals surface area contributed by atoms with Crippen molar-refractivity contribution in [2.45, 2.75) is 33.4 Å². The lowest BCUT2D eigenvalue weighted by atomic mass is 10.1. The van der Waals surface area contributed by atoms with E-state index >= 15 is 0 Å². The fraction of sp³-hybridized carbons (Fsp3) is 0.364. The van der Waals surface area contributed by atoms with Crippen molar-refractivity contribution in [2.24, 2.45) is 7.05 Å². The first-order valence-corrected chi connectivity index (χ1v) is 9.47. The van der Waals surface area contributed by atoms with Crippen LogP contribution in [0, 0.1) is 13.8 Å². The Labute approximate surface area is 166 Å². The first-order chi connectivity index (χ1) is 13.6. The van der Waals surface area contributed by atoms with Gasteiger partial charge in [-0.15, -0.1) is 0 Å². The third kappa shape index (κ3) is 4.89. The van der Waals surface area contributed by atoms with Gasteiger partial charge in [-0.2, -0.15) is 5.10 Å². The Kier molecular flexibility index (Phi) is 6.66. The number of aromatic nitrogens is 3. The maximum absolute atomic E-state index is 5.90. The minimum Gasteiger partial charge on any atom is -0.493 e. The summed E-state index contributed by atoms with van der Waals surface area (Å²) in [6.45, 7) is 6.35. The van der Waals surface area contributed by atoms with Gasteiger partial charge in [0.1, 0.15) is 6.61 Å². The summed E-state index contributed by atoms with van der Waals surface area (Å²) in [6.07, 6.45) is 4.49. The molecule has 2 aromatic heterocycles. The average molecular weight is 380 g/mol. The van der Waals surface area contributed by atoms with Crippen LogP contribution in [0.3, 0.4) is 0 Å². The first kappa shape index (κ1) is 19.9. The van der Waals surface area contributed by atoms with E-state index in [1.165, 1.54) is 11.3 Å². The summed E-state index contributed by atoms with van der Waals surface area (Å²) in [4.78, 5) is 4.02. The SMILES string of the molecule is COc1cc(CNCCc2c(C)nn(C)c2C)ccc1OCc1ccncc1. The zero-order chi connectivity index (χ0) is 19.9. The van der Waals surface area contributed by atoms with Crippen LogP contribution < -0.4 is 14.8 Å². The third-order valence-corrected chi connectivity index (χ3v) is 4.91. The molecular weight excluding hydrogens is 352 g/mol. The Morgan fingerprint density at radius 1 is 1.04 bits per heavy atom. The van der Waals surface area contributed by atoms with Gasteiger partial charge in [0.2, 0.25) is 0 Å². The van der Waals surface area contributed by atoms with Gasteiger partial charge in [0.05, 0.1) is 12.8 Å². The normalized spacial score (nSPS) is 10.9. The molecule has 0 bridgehead atoms. The fourth-order valence-electron chi connectivity index (χ4n) is 3.21. The molecule has 0 fully saturated rings. The molecule has 0 spiro atoms. The number of benzene rings is 1. The van der Waals surface area contributed by atoms with E-state index in [-0.39, 0.29) is 0 Å². The second-order valence-corrected chi connectivity index (χ2v) is 6.83. The van der Waals surface area contributed by atoms with Crippen LogP contribution in [0.2, 0.25) is 0 Å². The molecule has 6 heteroatoms. The number of nitrogens with one attached hydrogen (secondary N) is 1. The van der Waals surface area contributed by atoms with Gasteiger partial charge in [0.25, 0.3) is 0 Å². The molecule has 0 atom stereocenters. The minimum atomic E-state index is 0.486. The van der Waals surface area contributed by atoms with Crippen molar-refractivity contribution >= 4 is 0 Å². The van der Waals surface area contributed by atoms with Crippen molar-refractivity contribution in [3.63, 3.8) is 0 Å². The summed E-state index contributed by atoms with van der Waals surface area (Å²) in [5, 5.41) is 7.98. The van der Waals surface area contributed by atoms with Crippen LogP contribution in [0.4, 0.5) is 0 Å². The quantitative estimate of drug-likeness (QED) is 0.577. The second kappa shape index (κ2) is 9.37. The van der Waals surface area contributed by atoms with E-state index in [9.17, 15) is 0 Å². The molecule has 0 aliphatic rings. The molecule has 0 radical (unpaired) electrons. The average Bonchev–Trinajstić information content (AvgIpc) is 2.96. The Morgan fingerprint density at radius 2 is 1.82 bits per heavy atom. The molecule has 0 aliphatic carbocycles. The highest BCUT2D eigenvalue weighted by atomic mass is 16.5. The number of hydrogen-bond acceptors (Lipinski definition) is 5. The monoisotopic (exact) mass is 380 g/mol. The topological polar surface area (TPSA) is 61.2 Å². The standard InChI is InChI=1S/C22H28N4O2/c1-16-20(17(2)26(3)25-16)9-12-24-14-19-5-6-21(22(13-19)27-4)28-15-18-7-10-23-11-8-18/h5-8,10-11,13,24H,9,12,14-15H2,1-4H3. The van der Waals surface area contributed by atoms with Gasteiger partial charge in [-0.25, -0.2) is 0 Å². The molecule has 0 saturated heterocycles.